The second-order valence-corrected chi connectivity index (χ2v) is 5.09. The molecule has 0 spiro atoms. The van der Waals surface area contributed by atoms with E-state index in [0.29, 0.717) is 6.54 Å². The van der Waals surface area contributed by atoms with Crippen LogP contribution in [0.15, 0.2) is 36.5 Å². The van der Waals surface area contributed by atoms with E-state index in [1.165, 1.54) is 0 Å². The summed E-state index contributed by atoms with van der Waals surface area (Å²) in [6, 6.07) is 8.82. The quantitative estimate of drug-likeness (QED) is 0.884. The summed E-state index contributed by atoms with van der Waals surface area (Å²) in [4.78, 5) is 17.6. The van der Waals surface area contributed by atoms with Crippen molar-refractivity contribution in [3.05, 3.63) is 58.6 Å². The molecule has 1 aromatic heterocycles. The minimum Gasteiger partial charge on any atom is -0.378 e. The first kappa shape index (κ1) is 15.3. The molecule has 4 nitrogen and oxygen atoms in total. The first-order valence-electron chi connectivity index (χ1n) is 6.33. The zero-order chi connectivity index (χ0) is 15.4. The van der Waals surface area contributed by atoms with E-state index in [9.17, 15) is 9.18 Å². The maximum Gasteiger partial charge on any atom is 0.254 e. The molecule has 0 atom stereocenters. The van der Waals surface area contributed by atoms with E-state index in [1.807, 2.05) is 43.3 Å². The SMILES string of the molecule is CN(C)c1ccc(CNC(=O)c2cc(F)cnc2Cl)cc1. The van der Waals surface area contributed by atoms with E-state index < -0.39 is 11.7 Å². The lowest BCUT2D eigenvalue weighted by molar-refractivity contribution is 0.0950. The number of pyridine rings is 1. The summed E-state index contributed by atoms with van der Waals surface area (Å²) in [5.74, 6) is -1.05. The number of rotatable bonds is 4. The van der Waals surface area contributed by atoms with Crippen LogP contribution in [0.3, 0.4) is 0 Å². The molecule has 0 unspecified atom stereocenters. The van der Waals surface area contributed by atoms with Crippen molar-refractivity contribution in [2.45, 2.75) is 6.54 Å². The molecule has 0 saturated carbocycles. The molecule has 21 heavy (non-hydrogen) atoms. The van der Waals surface area contributed by atoms with Gasteiger partial charge in [0.2, 0.25) is 0 Å². The van der Waals surface area contributed by atoms with Crippen LogP contribution in [0, 0.1) is 5.82 Å². The van der Waals surface area contributed by atoms with Crippen molar-refractivity contribution in [3.8, 4) is 0 Å². The van der Waals surface area contributed by atoms with Gasteiger partial charge in [0.1, 0.15) is 11.0 Å². The normalized spacial score (nSPS) is 10.3. The van der Waals surface area contributed by atoms with Crippen LogP contribution in [-0.4, -0.2) is 25.0 Å². The van der Waals surface area contributed by atoms with Crippen molar-refractivity contribution < 1.29 is 9.18 Å². The summed E-state index contributed by atoms with van der Waals surface area (Å²) >= 11 is 5.78. The number of carbonyl (C=O) groups excluding carboxylic acids is 1. The molecule has 2 rings (SSSR count). The van der Waals surface area contributed by atoms with Gasteiger partial charge in [-0.25, -0.2) is 9.37 Å². The highest BCUT2D eigenvalue weighted by Crippen LogP contribution is 2.15. The summed E-state index contributed by atoms with van der Waals surface area (Å²) < 4.78 is 13.1. The van der Waals surface area contributed by atoms with E-state index in [-0.39, 0.29) is 10.7 Å². The molecule has 0 saturated heterocycles. The second kappa shape index (κ2) is 6.54. The van der Waals surface area contributed by atoms with Crippen LogP contribution in [0.5, 0.6) is 0 Å². The molecule has 2 aromatic rings. The third kappa shape index (κ3) is 3.92. The summed E-state index contributed by atoms with van der Waals surface area (Å²) in [5, 5.41) is 2.67. The Bertz CT molecular complexity index is 644. The van der Waals surface area contributed by atoms with Crippen LogP contribution in [0.25, 0.3) is 0 Å². The predicted molar refractivity (Wildman–Crippen MR) is 81.1 cm³/mol. The average Bonchev–Trinajstić information content (AvgIpc) is 2.47. The average molecular weight is 308 g/mol. The van der Waals surface area contributed by atoms with Gasteiger partial charge in [-0.15, -0.1) is 0 Å². The van der Waals surface area contributed by atoms with Crippen molar-refractivity contribution in [1.29, 1.82) is 0 Å². The van der Waals surface area contributed by atoms with Crippen molar-refractivity contribution in [3.63, 3.8) is 0 Å². The molecule has 1 amide bonds. The number of carbonyl (C=O) groups is 1. The van der Waals surface area contributed by atoms with Crippen molar-refractivity contribution in [1.82, 2.24) is 10.3 Å². The highest BCUT2D eigenvalue weighted by atomic mass is 35.5. The lowest BCUT2D eigenvalue weighted by Crippen LogP contribution is -2.23. The van der Waals surface area contributed by atoms with E-state index >= 15 is 0 Å². The van der Waals surface area contributed by atoms with E-state index in [1.54, 1.807) is 0 Å². The van der Waals surface area contributed by atoms with Gasteiger partial charge < -0.3 is 10.2 Å². The lowest BCUT2D eigenvalue weighted by atomic mass is 10.2. The van der Waals surface area contributed by atoms with Gasteiger partial charge in [0.25, 0.3) is 5.91 Å². The van der Waals surface area contributed by atoms with Gasteiger partial charge in [-0.05, 0) is 23.8 Å². The molecule has 110 valence electrons. The van der Waals surface area contributed by atoms with Crippen LogP contribution in [-0.2, 0) is 6.54 Å². The molecule has 0 aliphatic rings. The van der Waals surface area contributed by atoms with Gasteiger partial charge >= 0.3 is 0 Å². The van der Waals surface area contributed by atoms with Gasteiger partial charge in [-0.2, -0.15) is 0 Å². The number of nitrogens with zero attached hydrogens (tertiary/aromatic N) is 2. The molecule has 6 heteroatoms. The zero-order valence-electron chi connectivity index (χ0n) is 11.7. The Balaban J connectivity index is 2.02. The second-order valence-electron chi connectivity index (χ2n) is 4.74. The maximum atomic E-state index is 13.1. The minimum absolute atomic E-state index is 0.0168. The Morgan fingerprint density at radius 2 is 2.00 bits per heavy atom. The fraction of sp³-hybridized carbons (Fsp3) is 0.200. The molecule has 0 bridgehead atoms. The van der Waals surface area contributed by atoms with Gasteiger partial charge in [0.05, 0.1) is 11.8 Å². The van der Waals surface area contributed by atoms with Crippen LogP contribution in [0.2, 0.25) is 5.15 Å². The first-order valence-corrected chi connectivity index (χ1v) is 6.70. The number of hydrogen-bond acceptors (Lipinski definition) is 3. The van der Waals surface area contributed by atoms with Crippen molar-refractivity contribution in [2.24, 2.45) is 0 Å². The number of hydrogen-bond donors (Lipinski definition) is 1. The minimum atomic E-state index is -0.597. The van der Waals surface area contributed by atoms with Crippen LogP contribution in [0.4, 0.5) is 10.1 Å². The molecular weight excluding hydrogens is 293 g/mol. The number of amides is 1. The lowest BCUT2D eigenvalue weighted by Gasteiger charge is -2.13. The van der Waals surface area contributed by atoms with Crippen molar-refractivity contribution in [2.75, 3.05) is 19.0 Å². The molecule has 0 radical (unpaired) electrons. The number of halogens is 2. The van der Waals surface area contributed by atoms with E-state index in [4.69, 9.17) is 11.6 Å². The Kier molecular flexibility index (Phi) is 4.75. The Morgan fingerprint density at radius 1 is 1.33 bits per heavy atom. The molecular formula is C15H15ClFN3O. The monoisotopic (exact) mass is 307 g/mol. The van der Waals surface area contributed by atoms with Gasteiger partial charge in [0, 0.05) is 26.3 Å². The van der Waals surface area contributed by atoms with Crippen LogP contribution in [0.1, 0.15) is 15.9 Å². The standard InChI is InChI=1S/C15H15ClFN3O/c1-20(2)12-5-3-10(4-6-12)8-19-15(21)13-7-11(17)9-18-14(13)16/h3-7,9H,8H2,1-2H3,(H,19,21). The third-order valence-corrected chi connectivity index (χ3v) is 3.26. The third-order valence-electron chi connectivity index (χ3n) is 2.96. The smallest absolute Gasteiger partial charge is 0.254 e. The summed E-state index contributed by atoms with van der Waals surface area (Å²) in [6.45, 7) is 0.333. The fourth-order valence-electron chi connectivity index (χ4n) is 1.77. The number of aromatic nitrogens is 1. The Morgan fingerprint density at radius 3 is 2.62 bits per heavy atom. The number of anilines is 1. The topological polar surface area (TPSA) is 45.2 Å². The maximum absolute atomic E-state index is 13.1. The van der Waals surface area contributed by atoms with Crippen LogP contribution >= 0.6 is 11.6 Å². The van der Waals surface area contributed by atoms with Crippen molar-refractivity contribution >= 4 is 23.2 Å². The van der Waals surface area contributed by atoms with Gasteiger partial charge in [-0.1, -0.05) is 23.7 Å². The van der Waals surface area contributed by atoms with Crippen LogP contribution < -0.4 is 10.2 Å². The largest absolute Gasteiger partial charge is 0.378 e. The summed E-state index contributed by atoms with van der Waals surface area (Å²) in [5.41, 5.74) is 2.04. The molecule has 0 fully saturated rings. The summed E-state index contributed by atoms with van der Waals surface area (Å²) in [6.07, 6.45) is 0.971. The van der Waals surface area contributed by atoms with Gasteiger partial charge in [0.15, 0.2) is 0 Å². The van der Waals surface area contributed by atoms with E-state index in [2.05, 4.69) is 10.3 Å². The summed E-state index contributed by atoms with van der Waals surface area (Å²) in [7, 11) is 3.91. The Hall–Kier alpha value is -2.14. The molecule has 1 heterocycles. The fourth-order valence-corrected chi connectivity index (χ4v) is 1.96. The molecule has 1 aromatic carbocycles. The highest BCUT2D eigenvalue weighted by molar-refractivity contribution is 6.32. The Labute approximate surface area is 127 Å². The highest BCUT2D eigenvalue weighted by Gasteiger charge is 2.12. The number of nitrogens with one attached hydrogen (secondary N) is 1. The van der Waals surface area contributed by atoms with E-state index in [0.717, 1.165) is 23.5 Å². The first-order chi connectivity index (χ1) is 9.97. The van der Waals surface area contributed by atoms with Gasteiger partial charge in [-0.3, -0.25) is 4.79 Å². The number of benzene rings is 1. The zero-order valence-corrected chi connectivity index (χ0v) is 12.5. The molecule has 1 N–H and O–H groups in total. The molecule has 0 aliphatic heterocycles. The predicted octanol–water partition coefficient (Wildman–Crippen LogP) is 2.87. The molecule has 0 aliphatic carbocycles.